The predicted molar refractivity (Wildman–Crippen MR) is 114 cm³/mol. The lowest BCUT2D eigenvalue weighted by molar-refractivity contribution is -0.137. The molecule has 0 saturated heterocycles. The van der Waals surface area contributed by atoms with Gasteiger partial charge in [-0.3, -0.25) is 19.6 Å². The Bertz CT molecular complexity index is 1090. The van der Waals surface area contributed by atoms with E-state index in [1.807, 2.05) is 18.2 Å². The van der Waals surface area contributed by atoms with E-state index >= 15 is 0 Å². The van der Waals surface area contributed by atoms with E-state index in [2.05, 4.69) is 26.9 Å². The minimum absolute atomic E-state index is 0.0630. The third-order valence-corrected chi connectivity index (χ3v) is 6.13. The topological polar surface area (TPSA) is 39.2 Å². The summed E-state index contributed by atoms with van der Waals surface area (Å²) in [4.78, 5) is 23.9. The van der Waals surface area contributed by atoms with Gasteiger partial charge in [0.1, 0.15) is 0 Å². The molecule has 5 nitrogen and oxygen atoms in total. The van der Waals surface area contributed by atoms with Gasteiger partial charge in [-0.25, -0.2) is 0 Å². The highest BCUT2D eigenvalue weighted by molar-refractivity contribution is 6.09. The number of hydrogen-bond acceptors (Lipinski definition) is 4. The molecule has 1 amide bonds. The number of aliphatic imine (C=N–C) groups is 1. The number of carbonyl (C=O) groups is 1. The van der Waals surface area contributed by atoms with Crippen molar-refractivity contribution in [3.8, 4) is 0 Å². The molecule has 3 aliphatic heterocycles. The van der Waals surface area contributed by atoms with Crippen molar-refractivity contribution in [1.82, 2.24) is 14.7 Å². The van der Waals surface area contributed by atoms with Crippen LogP contribution in [0, 0.1) is 0 Å². The molecule has 5 rings (SSSR count). The van der Waals surface area contributed by atoms with E-state index in [4.69, 9.17) is 0 Å². The molecule has 2 aromatic carbocycles. The number of alkyl halides is 3. The molecule has 0 bridgehead atoms. The van der Waals surface area contributed by atoms with Gasteiger partial charge in [0.15, 0.2) is 0 Å². The molecule has 0 fully saturated rings. The van der Waals surface area contributed by atoms with Gasteiger partial charge in [-0.15, -0.1) is 0 Å². The smallest absolute Gasteiger partial charge is 0.314 e. The number of rotatable bonds is 4. The lowest BCUT2D eigenvalue weighted by Gasteiger charge is -2.42. The average molecular weight is 440 g/mol. The number of nitrogens with zero attached hydrogens (tertiary/aromatic N) is 4. The van der Waals surface area contributed by atoms with Crippen molar-refractivity contribution in [2.45, 2.75) is 25.7 Å². The van der Waals surface area contributed by atoms with Crippen LogP contribution in [0.3, 0.4) is 0 Å². The highest BCUT2D eigenvalue weighted by atomic mass is 19.4. The van der Waals surface area contributed by atoms with Crippen LogP contribution in [0.5, 0.6) is 0 Å². The Morgan fingerprint density at radius 3 is 2.50 bits per heavy atom. The van der Waals surface area contributed by atoms with Gasteiger partial charge in [-0.1, -0.05) is 42.5 Å². The number of benzene rings is 2. The van der Waals surface area contributed by atoms with Crippen LogP contribution in [-0.2, 0) is 24.1 Å². The fourth-order valence-corrected chi connectivity index (χ4v) is 4.62. The van der Waals surface area contributed by atoms with E-state index in [0.717, 1.165) is 42.9 Å². The SMILES string of the molecule is O=C1C2=C(CCN(Cc3ccccc3)C2)N2CCN=C2N1Cc1cccc(C(F)(F)F)c1. The number of fused-ring (bicyclic) bond motifs is 2. The first kappa shape index (κ1) is 20.8. The Morgan fingerprint density at radius 1 is 0.938 bits per heavy atom. The van der Waals surface area contributed by atoms with Crippen LogP contribution in [0.25, 0.3) is 0 Å². The van der Waals surface area contributed by atoms with Crippen molar-refractivity contribution < 1.29 is 18.0 Å². The first-order chi connectivity index (χ1) is 15.4. The van der Waals surface area contributed by atoms with Crippen molar-refractivity contribution in [2.75, 3.05) is 26.2 Å². The van der Waals surface area contributed by atoms with Crippen LogP contribution in [0.1, 0.15) is 23.1 Å². The van der Waals surface area contributed by atoms with Gasteiger partial charge in [0.25, 0.3) is 5.91 Å². The lowest BCUT2D eigenvalue weighted by Crippen LogP contribution is -2.53. The van der Waals surface area contributed by atoms with Crippen LogP contribution >= 0.6 is 0 Å². The van der Waals surface area contributed by atoms with Crippen molar-refractivity contribution in [3.05, 3.63) is 82.6 Å². The van der Waals surface area contributed by atoms with Gasteiger partial charge < -0.3 is 4.90 Å². The molecule has 0 aromatic heterocycles. The molecule has 166 valence electrons. The number of guanidine groups is 1. The monoisotopic (exact) mass is 440 g/mol. The van der Waals surface area contributed by atoms with Gasteiger partial charge >= 0.3 is 6.18 Å². The van der Waals surface area contributed by atoms with Gasteiger partial charge in [0.05, 0.1) is 24.2 Å². The van der Waals surface area contributed by atoms with Gasteiger partial charge in [-0.2, -0.15) is 13.2 Å². The summed E-state index contributed by atoms with van der Waals surface area (Å²) in [7, 11) is 0. The molecule has 3 heterocycles. The maximum absolute atomic E-state index is 13.5. The van der Waals surface area contributed by atoms with Gasteiger partial charge in [-0.05, 0) is 23.3 Å². The third kappa shape index (κ3) is 3.90. The van der Waals surface area contributed by atoms with Crippen molar-refractivity contribution in [2.24, 2.45) is 4.99 Å². The molecular formula is C24H23F3N4O. The zero-order valence-electron chi connectivity index (χ0n) is 17.5. The molecule has 0 aliphatic carbocycles. The number of halogens is 3. The Morgan fingerprint density at radius 2 is 1.72 bits per heavy atom. The van der Waals surface area contributed by atoms with Crippen molar-refractivity contribution in [1.29, 1.82) is 0 Å². The summed E-state index contributed by atoms with van der Waals surface area (Å²) in [6.45, 7) is 3.45. The van der Waals surface area contributed by atoms with Crippen LogP contribution in [-0.4, -0.2) is 52.7 Å². The molecular weight excluding hydrogens is 417 g/mol. The van der Waals surface area contributed by atoms with E-state index in [-0.39, 0.29) is 12.5 Å². The zero-order valence-corrected chi connectivity index (χ0v) is 17.5. The molecule has 8 heteroatoms. The molecule has 0 radical (unpaired) electrons. The summed E-state index contributed by atoms with van der Waals surface area (Å²) in [6.07, 6.45) is -3.67. The number of carbonyl (C=O) groups excluding carboxylic acids is 1. The normalized spacial score (nSPS) is 19.2. The van der Waals surface area contributed by atoms with Gasteiger partial charge in [0.2, 0.25) is 5.96 Å². The van der Waals surface area contributed by atoms with E-state index < -0.39 is 11.7 Å². The summed E-state index contributed by atoms with van der Waals surface area (Å²) < 4.78 is 39.5. The third-order valence-electron chi connectivity index (χ3n) is 6.13. The zero-order chi connectivity index (χ0) is 22.3. The minimum atomic E-state index is -4.42. The largest absolute Gasteiger partial charge is 0.416 e. The predicted octanol–water partition coefficient (Wildman–Crippen LogP) is 3.88. The van der Waals surface area contributed by atoms with E-state index in [1.54, 1.807) is 6.07 Å². The maximum Gasteiger partial charge on any atom is 0.416 e. The quantitative estimate of drug-likeness (QED) is 0.725. The summed E-state index contributed by atoms with van der Waals surface area (Å²) in [5, 5.41) is 0. The standard InChI is InChI=1S/C24H23F3N4O/c25-24(26,27)19-8-4-7-18(13-19)15-31-22(32)20-16-29(14-17-5-2-1-3-6-17)11-9-21(20)30-12-10-28-23(30)31/h1-8,13H,9-12,14-16H2. The molecule has 3 aliphatic rings. The molecule has 2 aromatic rings. The van der Waals surface area contributed by atoms with Crippen LogP contribution < -0.4 is 0 Å². The Balaban J connectivity index is 1.40. The van der Waals surface area contributed by atoms with Crippen molar-refractivity contribution in [3.63, 3.8) is 0 Å². The molecule has 0 spiro atoms. The van der Waals surface area contributed by atoms with Crippen LogP contribution in [0.2, 0.25) is 0 Å². The van der Waals surface area contributed by atoms with E-state index in [0.29, 0.717) is 31.2 Å². The van der Waals surface area contributed by atoms with E-state index in [9.17, 15) is 18.0 Å². The summed E-state index contributed by atoms with van der Waals surface area (Å²) in [5.41, 5.74) is 2.64. The highest BCUT2D eigenvalue weighted by Gasteiger charge is 2.41. The summed E-state index contributed by atoms with van der Waals surface area (Å²) >= 11 is 0. The highest BCUT2D eigenvalue weighted by Crippen LogP contribution is 2.33. The second-order valence-electron chi connectivity index (χ2n) is 8.29. The Hall–Kier alpha value is -3.13. The summed E-state index contributed by atoms with van der Waals surface area (Å²) in [5.74, 6) is 0.398. The van der Waals surface area contributed by atoms with Crippen LogP contribution in [0.15, 0.2) is 70.9 Å². The molecule has 32 heavy (non-hydrogen) atoms. The summed E-state index contributed by atoms with van der Waals surface area (Å²) in [6, 6.07) is 15.3. The lowest BCUT2D eigenvalue weighted by atomic mass is 10.00. The van der Waals surface area contributed by atoms with Gasteiger partial charge in [0, 0.05) is 38.3 Å². The average Bonchev–Trinajstić information content (AvgIpc) is 3.27. The second-order valence-corrected chi connectivity index (χ2v) is 8.29. The van der Waals surface area contributed by atoms with E-state index in [1.165, 1.54) is 16.5 Å². The van der Waals surface area contributed by atoms with Crippen molar-refractivity contribution >= 4 is 11.9 Å². The Kier molecular flexibility index (Phi) is 5.25. The molecule has 0 atom stereocenters. The van der Waals surface area contributed by atoms with Crippen LogP contribution in [0.4, 0.5) is 13.2 Å². The first-order valence-electron chi connectivity index (χ1n) is 10.7. The fraction of sp³-hybridized carbons (Fsp3) is 0.333. The number of hydrogen-bond donors (Lipinski definition) is 0. The second kappa shape index (κ2) is 8.09. The molecule has 0 unspecified atom stereocenters. The molecule has 0 N–H and O–H groups in total. The molecule has 0 saturated carbocycles. The first-order valence-corrected chi connectivity index (χ1v) is 10.7. The maximum atomic E-state index is 13.5. The number of amides is 1. The fourth-order valence-electron chi connectivity index (χ4n) is 4.62. The minimum Gasteiger partial charge on any atom is -0.314 e. The Labute approximate surface area is 184 Å².